The van der Waals surface area contributed by atoms with Gasteiger partial charge in [-0.3, -0.25) is 19.2 Å². The second-order valence-electron chi connectivity index (χ2n) is 15.2. The van der Waals surface area contributed by atoms with Crippen LogP contribution in [0, 0.1) is 12.3 Å². The molecule has 0 aliphatic carbocycles. The molecule has 12 nitrogen and oxygen atoms in total. The molecular formula is C40H57ClN6O6S. The van der Waals surface area contributed by atoms with Crippen LogP contribution in [0.5, 0.6) is 0 Å². The molecule has 1 aromatic heterocycles. The average molecular weight is 785 g/mol. The van der Waals surface area contributed by atoms with Gasteiger partial charge in [-0.25, -0.2) is 4.98 Å². The highest BCUT2D eigenvalue weighted by atomic mass is 35.5. The first-order valence-corrected chi connectivity index (χ1v) is 19.3. The number of hydrogen-bond donors (Lipinski definition) is 5. The van der Waals surface area contributed by atoms with E-state index in [4.69, 9.17) is 16.2 Å². The van der Waals surface area contributed by atoms with E-state index in [0.717, 1.165) is 45.7 Å². The monoisotopic (exact) mass is 784 g/mol. The van der Waals surface area contributed by atoms with Gasteiger partial charge in [-0.2, -0.15) is 0 Å². The Morgan fingerprint density at radius 2 is 1.67 bits per heavy atom. The summed E-state index contributed by atoms with van der Waals surface area (Å²) in [6.07, 6.45) is 2.28. The maximum Gasteiger partial charge on any atom is 0.246 e. The third-order valence-electron chi connectivity index (χ3n) is 9.69. The fraction of sp³-hybridized carbons (Fsp3) is 0.525. The van der Waals surface area contributed by atoms with E-state index in [9.17, 15) is 24.3 Å². The first-order valence-electron chi connectivity index (χ1n) is 18.4. The number of amides is 4. The molecule has 0 radical (unpaired) electrons. The standard InChI is InChI=1S/C40H56N6O6S.ClH/c1-25-36(53-24-44-25)30-16-14-28(15-17-30)21-43-38(50)33-20-31(47)22-46(33)39(51)37(40(3,4)5)45-35(49)9-7-6-8-27-10-12-29(13-11-27)23-52-26(2)32(41)18-19-34(42)48;/h10-17,24,26,31-33,37,47H,6-9,18-23,41H2,1-5H3,(H2,42,48)(H,43,50)(H,45,49);1H/t26-,31-,32+,33+,37-;/m1./s1. The molecule has 1 aliphatic heterocycles. The Bertz CT molecular complexity index is 1680. The van der Waals surface area contributed by atoms with Crippen molar-refractivity contribution in [2.45, 2.75) is 123 Å². The van der Waals surface area contributed by atoms with Gasteiger partial charge < -0.3 is 36.8 Å². The van der Waals surface area contributed by atoms with Crippen LogP contribution >= 0.6 is 23.7 Å². The number of nitrogens with one attached hydrogen (secondary N) is 2. The molecule has 1 aliphatic rings. The van der Waals surface area contributed by atoms with Gasteiger partial charge in [0.05, 0.1) is 34.9 Å². The van der Waals surface area contributed by atoms with Crippen LogP contribution in [0.4, 0.5) is 0 Å². The maximum atomic E-state index is 13.9. The van der Waals surface area contributed by atoms with E-state index in [0.29, 0.717) is 19.4 Å². The highest BCUT2D eigenvalue weighted by Gasteiger charge is 2.44. The molecule has 4 amide bonds. The molecular weight excluding hydrogens is 728 g/mol. The number of β-amino-alcohol motifs (C(OH)–C–C–N with tert-alkyl or cyclic N) is 1. The number of unbranched alkanes of at least 4 members (excludes halogenated alkanes) is 1. The van der Waals surface area contributed by atoms with E-state index in [1.807, 2.05) is 88.7 Å². The number of carbonyl (C=O) groups is 4. The number of carbonyl (C=O) groups excluding carboxylic acids is 4. The fourth-order valence-corrected chi connectivity index (χ4v) is 7.14. The summed E-state index contributed by atoms with van der Waals surface area (Å²) in [7, 11) is 0. The highest BCUT2D eigenvalue weighted by Crippen LogP contribution is 2.28. The van der Waals surface area contributed by atoms with Gasteiger partial charge in [0.2, 0.25) is 23.6 Å². The lowest BCUT2D eigenvalue weighted by Crippen LogP contribution is -2.57. The van der Waals surface area contributed by atoms with E-state index in [-0.39, 0.29) is 80.5 Å². The molecule has 2 heterocycles. The van der Waals surface area contributed by atoms with Gasteiger partial charge >= 0.3 is 0 Å². The molecule has 0 bridgehead atoms. The number of nitrogens with two attached hydrogens (primary N) is 2. The van der Waals surface area contributed by atoms with Crippen LogP contribution in [0.2, 0.25) is 0 Å². The van der Waals surface area contributed by atoms with Crippen molar-refractivity contribution in [3.63, 3.8) is 0 Å². The fourth-order valence-electron chi connectivity index (χ4n) is 6.33. The summed E-state index contributed by atoms with van der Waals surface area (Å²) >= 11 is 1.58. The molecule has 1 saturated heterocycles. The minimum atomic E-state index is -0.867. The topological polar surface area (TPSA) is 190 Å². The van der Waals surface area contributed by atoms with E-state index in [1.165, 1.54) is 4.90 Å². The minimum absolute atomic E-state index is 0. The highest BCUT2D eigenvalue weighted by molar-refractivity contribution is 7.13. The molecule has 5 atom stereocenters. The van der Waals surface area contributed by atoms with Gasteiger partial charge in [0.25, 0.3) is 0 Å². The van der Waals surface area contributed by atoms with Crippen LogP contribution in [-0.2, 0) is 43.5 Å². The Morgan fingerprint density at radius 1 is 1.02 bits per heavy atom. The number of aryl methyl sites for hydroxylation is 2. The van der Waals surface area contributed by atoms with Crippen molar-refractivity contribution in [2.75, 3.05) is 6.54 Å². The number of aliphatic hydroxyl groups excluding tert-OH is 1. The smallest absolute Gasteiger partial charge is 0.246 e. The van der Waals surface area contributed by atoms with Gasteiger partial charge in [0.1, 0.15) is 12.1 Å². The number of hydrogen-bond acceptors (Lipinski definition) is 9. The van der Waals surface area contributed by atoms with Crippen LogP contribution in [-0.4, -0.2) is 75.5 Å². The zero-order valence-corrected chi connectivity index (χ0v) is 33.6. The van der Waals surface area contributed by atoms with Crippen LogP contribution in [0.1, 0.15) is 88.6 Å². The van der Waals surface area contributed by atoms with Crippen molar-refractivity contribution in [3.05, 3.63) is 76.4 Å². The van der Waals surface area contributed by atoms with Crippen molar-refractivity contribution >= 4 is 47.4 Å². The predicted molar refractivity (Wildman–Crippen MR) is 214 cm³/mol. The lowest BCUT2D eigenvalue weighted by molar-refractivity contribution is -0.144. The van der Waals surface area contributed by atoms with Gasteiger partial charge in [0.15, 0.2) is 0 Å². The van der Waals surface area contributed by atoms with E-state index >= 15 is 0 Å². The van der Waals surface area contributed by atoms with Crippen LogP contribution < -0.4 is 22.1 Å². The molecule has 54 heavy (non-hydrogen) atoms. The van der Waals surface area contributed by atoms with E-state index < -0.39 is 23.6 Å². The number of aromatic nitrogens is 1. The zero-order chi connectivity index (χ0) is 38.7. The van der Waals surface area contributed by atoms with Crippen LogP contribution in [0.25, 0.3) is 10.4 Å². The molecule has 0 saturated carbocycles. The largest absolute Gasteiger partial charge is 0.391 e. The Kier molecular flexibility index (Phi) is 17.1. The maximum absolute atomic E-state index is 13.9. The summed E-state index contributed by atoms with van der Waals surface area (Å²) in [6.45, 7) is 10.2. The van der Waals surface area contributed by atoms with Crippen molar-refractivity contribution < 1.29 is 29.0 Å². The molecule has 1 fully saturated rings. The van der Waals surface area contributed by atoms with Crippen molar-refractivity contribution in [3.8, 4) is 10.4 Å². The quantitative estimate of drug-likeness (QED) is 0.116. The molecule has 4 rings (SSSR count). The number of halogens is 1. The van der Waals surface area contributed by atoms with Gasteiger partial charge in [-0.05, 0) is 67.2 Å². The molecule has 296 valence electrons. The van der Waals surface area contributed by atoms with Crippen molar-refractivity contribution in [1.29, 1.82) is 0 Å². The molecule has 7 N–H and O–H groups in total. The van der Waals surface area contributed by atoms with E-state index in [2.05, 4.69) is 15.6 Å². The SMILES string of the molecule is Cc1ncsc1-c1ccc(CNC(=O)[C@@H]2C[C@@H](O)CN2C(=O)[C@@H](NC(=O)CCCCc2ccc(CO[C@H](C)[C@@H](N)CCC(N)=O)cc2)C(C)(C)C)cc1.Cl. The second-order valence-corrected chi connectivity index (χ2v) is 16.0. The molecule has 3 aromatic rings. The normalized spacial score (nSPS) is 17.3. The van der Waals surface area contributed by atoms with Crippen LogP contribution in [0.3, 0.4) is 0 Å². The summed E-state index contributed by atoms with van der Waals surface area (Å²) < 4.78 is 5.88. The van der Waals surface area contributed by atoms with Gasteiger partial charge in [-0.15, -0.1) is 23.7 Å². The molecule has 14 heteroatoms. The molecule has 0 unspecified atom stereocenters. The number of thiazole rings is 1. The van der Waals surface area contributed by atoms with Crippen LogP contribution in [0.15, 0.2) is 54.0 Å². The Labute approximate surface area is 329 Å². The van der Waals surface area contributed by atoms with Gasteiger partial charge in [0, 0.05) is 38.4 Å². The van der Waals surface area contributed by atoms with Crippen molar-refractivity contribution in [1.82, 2.24) is 20.5 Å². The lowest BCUT2D eigenvalue weighted by Gasteiger charge is -2.35. The molecule has 2 aromatic carbocycles. The van der Waals surface area contributed by atoms with Crippen molar-refractivity contribution in [2.24, 2.45) is 16.9 Å². The lowest BCUT2D eigenvalue weighted by atomic mass is 9.85. The number of primary amides is 1. The number of nitrogens with zero attached hydrogens (tertiary/aromatic N) is 2. The average Bonchev–Trinajstić information content (AvgIpc) is 3.74. The Balaban J connectivity index is 0.00000784. The zero-order valence-electron chi connectivity index (χ0n) is 32.0. The summed E-state index contributed by atoms with van der Waals surface area (Å²) in [4.78, 5) is 58.3. The number of benzene rings is 2. The summed E-state index contributed by atoms with van der Waals surface area (Å²) in [5.74, 6) is -1.32. The Hall–Kier alpha value is -3.88. The first kappa shape index (κ1) is 44.5. The second kappa shape index (κ2) is 20.7. The minimum Gasteiger partial charge on any atom is -0.391 e. The number of aliphatic hydroxyl groups is 1. The third kappa shape index (κ3) is 13.2. The Morgan fingerprint density at radius 3 is 2.28 bits per heavy atom. The number of rotatable bonds is 18. The van der Waals surface area contributed by atoms with Gasteiger partial charge in [-0.1, -0.05) is 69.3 Å². The summed E-state index contributed by atoms with van der Waals surface area (Å²) in [5.41, 5.74) is 17.6. The number of ether oxygens (including phenoxy) is 1. The predicted octanol–water partition coefficient (Wildman–Crippen LogP) is 4.56. The van der Waals surface area contributed by atoms with E-state index in [1.54, 1.807) is 11.3 Å². The molecule has 0 spiro atoms. The first-order chi connectivity index (χ1) is 25.1. The third-order valence-corrected chi connectivity index (χ3v) is 10.7. The summed E-state index contributed by atoms with van der Waals surface area (Å²) in [5, 5.41) is 16.4. The summed E-state index contributed by atoms with van der Waals surface area (Å²) in [6, 6.07) is 14.0. The number of likely N-dealkylation sites (tertiary alicyclic amines) is 1.